The lowest BCUT2D eigenvalue weighted by atomic mass is 10.3. The van der Waals surface area contributed by atoms with E-state index in [0.717, 1.165) is 0 Å². The lowest BCUT2D eigenvalue weighted by Crippen LogP contribution is -2.17. The van der Waals surface area contributed by atoms with Crippen LogP contribution >= 0.6 is 0 Å². The van der Waals surface area contributed by atoms with Crippen molar-refractivity contribution in [2.24, 2.45) is 0 Å². The summed E-state index contributed by atoms with van der Waals surface area (Å²) in [6, 6.07) is 0. The second-order valence-corrected chi connectivity index (χ2v) is 4.29. The Balaban J connectivity index is 1.72. The Morgan fingerprint density at radius 1 is 0.727 bits per heavy atom. The van der Waals surface area contributed by atoms with E-state index in [-0.39, 0.29) is 12.8 Å². The third-order valence-corrected chi connectivity index (χ3v) is 2.56. The summed E-state index contributed by atoms with van der Waals surface area (Å²) >= 11 is 0. The number of carbonyl (C=O) groups excluding carboxylic acids is 2. The standard InChI is InChI=1S/C16H16N2O4/c19-15(21-13-7-3-1-5-11-17-13)9-10-16(20)22-14-8-4-2-6-12-18-14/h1-8,11-12,17-18H,9-10H2. The molecule has 114 valence electrons. The molecule has 6 heteroatoms. The third kappa shape index (κ3) is 5.54. The van der Waals surface area contributed by atoms with Crippen molar-refractivity contribution < 1.29 is 19.1 Å². The molecule has 0 saturated heterocycles. The van der Waals surface area contributed by atoms with Gasteiger partial charge in [-0.05, 0) is 24.3 Å². The normalized spacial score (nSPS) is 15.6. The van der Waals surface area contributed by atoms with Crippen molar-refractivity contribution in [3.05, 3.63) is 72.8 Å². The molecule has 22 heavy (non-hydrogen) atoms. The van der Waals surface area contributed by atoms with E-state index in [2.05, 4.69) is 10.6 Å². The molecule has 2 N–H and O–H groups in total. The molecule has 0 aliphatic carbocycles. The predicted molar refractivity (Wildman–Crippen MR) is 80.4 cm³/mol. The van der Waals surface area contributed by atoms with E-state index in [1.807, 2.05) is 0 Å². The minimum Gasteiger partial charge on any atom is -0.410 e. The number of rotatable bonds is 5. The van der Waals surface area contributed by atoms with Gasteiger partial charge in [-0.25, -0.2) is 0 Å². The van der Waals surface area contributed by atoms with Crippen molar-refractivity contribution in [1.29, 1.82) is 0 Å². The molecule has 0 bridgehead atoms. The largest absolute Gasteiger partial charge is 0.410 e. The van der Waals surface area contributed by atoms with Gasteiger partial charge in [-0.1, -0.05) is 24.3 Å². The van der Waals surface area contributed by atoms with Crippen LogP contribution in [0, 0.1) is 0 Å². The first-order valence-corrected chi connectivity index (χ1v) is 6.75. The van der Waals surface area contributed by atoms with Crippen LogP contribution in [-0.4, -0.2) is 11.9 Å². The molecule has 0 amide bonds. The van der Waals surface area contributed by atoms with Crippen molar-refractivity contribution in [1.82, 2.24) is 10.6 Å². The van der Waals surface area contributed by atoms with Gasteiger partial charge in [0.05, 0.1) is 12.8 Å². The lowest BCUT2D eigenvalue weighted by Gasteiger charge is -2.08. The van der Waals surface area contributed by atoms with Gasteiger partial charge >= 0.3 is 11.9 Å². The maximum atomic E-state index is 11.7. The summed E-state index contributed by atoms with van der Waals surface area (Å²) < 4.78 is 10.2. The molecule has 6 nitrogen and oxygen atoms in total. The minimum absolute atomic E-state index is 0.0652. The number of hydrogen-bond acceptors (Lipinski definition) is 6. The monoisotopic (exact) mass is 300 g/mol. The highest BCUT2D eigenvalue weighted by Gasteiger charge is 2.12. The molecule has 2 aliphatic heterocycles. The van der Waals surface area contributed by atoms with Gasteiger partial charge in [0.15, 0.2) is 0 Å². The number of esters is 2. The van der Waals surface area contributed by atoms with Gasteiger partial charge in [-0.15, -0.1) is 0 Å². The number of carbonyl (C=O) groups is 2. The van der Waals surface area contributed by atoms with Gasteiger partial charge in [-0.2, -0.15) is 0 Å². The zero-order chi connectivity index (χ0) is 15.6. The molecule has 0 atom stereocenters. The Kier molecular flexibility index (Phi) is 5.80. The first-order valence-electron chi connectivity index (χ1n) is 6.75. The van der Waals surface area contributed by atoms with Crippen LogP contribution in [0.25, 0.3) is 0 Å². The molecule has 0 fully saturated rings. The van der Waals surface area contributed by atoms with Gasteiger partial charge in [-0.3, -0.25) is 9.59 Å². The maximum absolute atomic E-state index is 11.7. The summed E-state index contributed by atoms with van der Waals surface area (Å²) in [7, 11) is 0. The predicted octanol–water partition coefficient (Wildman–Crippen LogP) is 1.88. The fourth-order valence-corrected chi connectivity index (χ4v) is 1.56. The first kappa shape index (κ1) is 15.4. The number of hydrogen-bond donors (Lipinski definition) is 2. The van der Waals surface area contributed by atoms with Crippen molar-refractivity contribution in [2.45, 2.75) is 12.8 Å². The Morgan fingerprint density at radius 3 is 1.64 bits per heavy atom. The average Bonchev–Trinajstić information content (AvgIpc) is 2.90. The molecule has 2 heterocycles. The van der Waals surface area contributed by atoms with Crippen LogP contribution in [0.1, 0.15) is 12.8 Å². The molecule has 0 radical (unpaired) electrons. The first-order chi connectivity index (χ1) is 10.7. The van der Waals surface area contributed by atoms with Crippen LogP contribution < -0.4 is 10.6 Å². The highest BCUT2D eigenvalue weighted by molar-refractivity contribution is 5.78. The molecule has 0 aromatic carbocycles. The van der Waals surface area contributed by atoms with Crippen molar-refractivity contribution in [3.8, 4) is 0 Å². The topological polar surface area (TPSA) is 76.7 Å². The van der Waals surface area contributed by atoms with Crippen LogP contribution in [-0.2, 0) is 19.1 Å². The summed E-state index contributed by atoms with van der Waals surface area (Å²) in [5, 5.41) is 5.59. The van der Waals surface area contributed by atoms with Crippen molar-refractivity contribution >= 4 is 11.9 Å². The van der Waals surface area contributed by atoms with E-state index < -0.39 is 11.9 Å². The van der Waals surface area contributed by atoms with Crippen molar-refractivity contribution in [3.63, 3.8) is 0 Å². The summed E-state index contributed by atoms with van der Waals surface area (Å²) in [6.07, 6.45) is 17.0. The SMILES string of the molecule is O=C(CCC(=O)OC1=CC=CC=CN1)OC1=CC=CC=CN1. The van der Waals surface area contributed by atoms with E-state index in [1.165, 1.54) is 0 Å². The van der Waals surface area contributed by atoms with Crippen LogP contribution in [0.3, 0.4) is 0 Å². The average molecular weight is 300 g/mol. The molecule has 0 saturated carbocycles. The minimum atomic E-state index is -0.512. The van der Waals surface area contributed by atoms with Crippen LogP contribution in [0.5, 0.6) is 0 Å². The number of ether oxygens (including phenoxy) is 2. The molecule has 0 aromatic heterocycles. The second kappa shape index (κ2) is 8.31. The van der Waals surface area contributed by atoms with E-state index >= 15 is 0 Å². The highest BCUT2D eigenvalue weighted by atomic mass is 16.6. The Bertz CT molecular complexity index is 556. The summed E-state index contributed by atoms with van der Waals surface area (Å²) in [5.74, 6) is -0.400. The molecule has 2 rings (SSSR count). The van der Waals surface area contributed by atoms with Gasteiger partial charge in [0.1, 0.15) is 0 Å². The zero-order valence-electron chi connectivity index (χ0n) is 11.8. The van der Waals surface area contributed by atoms with Crippen LogP contribution in [0.4, 0.5) is 0 Å². The molecular formula is C16H16N2O4. The summed E-state index contributed by atoms with van der Waals surface area (Å²) in [6.45, 7) is 0. The van der Waals surface area contributed by atoms with E-state index in [0.29, 0.717) is 11.8 Å². The fourth-order valence-electron chi connectivity index (χ4n) is 1.56. The van der Waals surface area contributed by atoms with Gasteiger partial charge < -0.3 is 20.1 Å². The van der Waals surface area contributed by atoms with Gasteiger partial charge in [0.25, 0.3) is 0 Å². The summed E-state index contributed by atoms with van der Waals surface area (Å²) in [5.41, 5.74) is 0. The fraction of sp³-hybridized carbons (Fsp3) is 0.125. The van der Waals surface area contributed by atoms with E-state index in [4.69, 9.17) is 9.47 Å². The van der Waals surface area contributed by atoms with Gasteiger partial charge in [0, 0.05) is 12.4 Å². The molecule has 0 spiro atoms. The Hall–Kier alpha value is -3.02. The second-order valence-electron chi connectivity index (χ2n) is 4.29. The molecule has 0 unspecified atom stereocenters. The third-order valence-electron chi connectivity index (χ3n) is 2.56. The smallest absolute Gasteiger partial charge is 0.313 e. The van der Waals surface area contributed by atoms with Crippen LogP contribution in [0.15, 0.2) is 72.8 Å². The zero-order valence-corrected chi connectivity index (χ0v) is 11.8. The number of nitrogens with one attached hydrogen (secondary N) is 2. The molecular weight excluding hydrogens is 284 g/mol. The van der Waals surface area contributed by atoms with E-state index in [9.17, 15) is 9.59 Å². The van der Waals surface area contributed by atoms with Gasteiger partial charge in [0.2, 0.25) is 11.8 Å². The highest BCUT2D eigenvalue weighted by Crippen LogP contribution is 2.05. The Labute approximate surface area is 128 Å². The molecule has 0 aromatic rings. The Morgan fingerprint density at radius 2 is 1.18 bits per heavy atom. The van der Waals surface area contributed by atoms with E-state index in [1.54, 1.807) is 61.0 Å². The summed E-state index contributed by atoms with van der Waals surface area (Å²) in [4.78, 5) is 23.3. The van der Waals surface area contributed by atoms with Crippen molar-refractivity contribution in [2.75, 3.05) is 0 Å². The quantitative estimate of drug-likeness (QED) is 0.755. The lowest BCUT2D eigenvalue weighted by molar-refractivity contribution is -0.146. The maximum Gasteiger partial charge on any atom is 0.313 e. The number of allylic oxidation sites excluding steroid dienone is 8. The van der Waals surface area contributed by atoms with Crippen LogP contribution in [0.2, 0.25) is 0 Å². The molecule has 2 aliphatic rings.